The van der Waals surface area contributed by atoms with Crippen molar-refractivity contribution < 1.29 is 19.1 Å². The van der Waals surface area contributed by atoms with E-state index in [0.29, 0.717) is 42.3 Å². The zero-order valence-corrected chi connectivity index (χ0v) is 23.6. The van der Waals surface area contributed by atoms with E-state index < -0.39 is 20.4 Å². The molecule has 0 aliphatic heterocycles. The van der Waals surface area contributed by atoms with Crippen LogP contribution in [0.2, 0.25) is 18.1 Å². The summed E-state index contributed by atoms with van der Waals surface area (Å²) in [7, 11) is -1.80. The number of carboxylic acids is 1. The SMILES string of the molecule is C[C@H](CC[C@H](OCc1ccccc1)C(=O)O)[C@H]1CC[C@H]2[C@@H](O[Si](C)(C)C(C)(C)C)CCC[C@]12C. The number of rotatable bonds is 10. The van der Waals surface area contributed by atoms with Crippen molar-refractivity contribution in [2.24, 2.45) is 23.2 Å². The van der Waals surface area contributed by atoms with Gasteiger partial charge < -0.3 is 14.3 Å². The average Bonchev–Trinajstić information content (AvgIpc) is 3.11. The number of carboxylic acid groups (broad SMARTS) is 1. The Labute approximate surface area is 209 Å². The molecule has 2 saturated carbocycles. The smallest absolute Gasteiger partial charge is 0.332 e. The van der Waals surface area contributed by atoms with Gasteiger partial charge in [-0.2, -0.15) is 0 Å². The summed E-state index contributed by atoms with van der Waals surface area (Å²) in [6.07, 6.45) is 7.32. The van der Waals surface area contributed by atoms with E-state index in [1.807, 2.05) is 30.3 Å². The van der Waals surface area contributed by atoms with Crippen LogP contribution in [0.5, 0.6) is 0 Å². The molecule has 3 rings (SSSR count). The van der Waals surface area contributed by atoms with Gasteiger partial charge in [0.2, 0.25) is 0 Å². The average molecular weight is 489 g/mol. The summed E-state index contributed by atoms with van der Waals surface area (Å²) in [6, 6.07) is 9.83. The molecule has 5 heteroatoms. The molecule has 0 bridgehead atoms. The molecule has 1 aromatic rings. The number of benzene rings is 1. The fourth-order valence-corrected chi connectivity index (χ4v) is 7.85. The number of hydrogen-bond acceptors (Lipinski definition) is 3. The van der Waals surface area contributed by atoms with Crippen LogP contribution in [0.4, 0.5) is 0 Å². The van der Waals surface area contributed by atoms with Crippen LogP contribution in [0.25, 0.3) is 0 Å². The van der Waals surface area contributed by atoms with E-state index in [4.69, 9.17) is 9.16 Å². The van der Waals surface area contributed by atoms with Gasteiger partial charge in [-0.3, -0.25) is 0 Å². The second-order valence-corrected chi connectivity index (χ2v) is 17.5. The number of hydrogen-bond donors (Lipinski definition) is 1. The van der Waals surface area contributed by atoms with E-state index in [2.05, 4.69) is 47.7 Å². The third kappa shape index (κ3) is 6.14. The van der Waals surface area contributed by atoms with Gasteiger partial charge in [0.15, 0.2) is 14.4 Å². The number of ether oxygens (including phenoxy) is 1. The van der Waals surface area contributed by atoms with Crippen molar-refractivity contribution in [3.63, 3.8) is 0 Å². The van der Waals surface area contributed by atoms with Crippen molar-refractivity contribution in [3.05, 3.63) is 35.9 Å². The maximum absolute atomic E-state index is 11.9. The van der Waals surface area contributed by atoms with Crippen LogP contribution < -0.4 is 0 Å². The molecule has 34 heavy (non-hydrogen) atoms. The lowest BCUT2D eigenvalue weighted by Crippen LogP contribution is -2.50. The molecule has 192 valence electrons. The highest BCUT2D eigenvalue weighted by atomic mass is 28.4. The molecular formula is C29H48O4Si. The van der Waals surface area contributed by atoms with Gasteiger partial charge in [0.1, 0.15) is 0 Å². The highest BCUT2D eigenvalue weighted by Crippen LogP contribution is 2.59. The third-order valence-electron chi connectivity index (χ3n) is 9.53. The maximum Gasteiger partial charge on any atom is 0.332 e. The fourth-order valence-electron chi connectivity index (χ4n) is 6.46. The monoisotopic (exact) mass is 488 g/mol. The summed E-state index contributed by atoms with van der Waals surface area (Å²) in [6.45, 7) is 17.0. The van der Waals surface area contributed by atoms with Crippen LogP contribution in [-0.4, -0.2) is 31.6 Å². The Balaban J connectivity index is 1.60. The van der Waals surface area contributed by atoms with Crippen molar-refractivity contribution in [2.75, 3.05) is 0 Å². The van der Waals surface area contributed by atoms with Crippen LogP contribution in [0.1, 0.15) is 85.1 Å². The van der Waals surface area contributed by atoms with Crippen LogP contribution in [0.15, 0.2) is 30.3 Å². The van der Waals surface area contributed by atoms with E-state index in [-0.39, 0.29) is 5.04 Å². The number of aliphatic carboxylic acids is 1. The van der Waals surface area contributed by atoms with Gasteiger partial charge >= 0.3 is 5.97 Å². The van der Waals surface area contributed by atoms with E-state index in [1.165, 1.54) is 32.1 Å². The van der Waals surface area contributed by atoms with Crippen molar-refractivity contribution in [1.82, 2.24) is 0 Å². The van der Waals surface area contributed by atoms with Crippen molar-refractivity contribution in [3.8, 4) is 0 Å². The van der Waals surface area contributed by atoms with Gasteiger partial charge in [-0.25, -0.2) is 4.79 Å². The van der Waals surface area contributed by atoms with Gasteiger partial charge in [0, 0.05) is 6.10 Å². The molecule has 0 saturated heterocycles. The topological polar surface area (TPSA) is 55.8 Å². The largest absolute Gasteiger partial charge is 0.479 e. The minimum absolute atomic E-state index is 0.234. The molecule has 0 heterocycles. The Hall–Kier alpha value is -1.17. The van der Waals surface area contributed by atoms with Crippen LogP contribution in [0.3, 0.4) is 0 Å². The summed E-state index contributed by atoms with van der Waals surface area (Å²) in [5.41, 5.74) is 1.32. The molecule has 2 aliphatic rings. The highest BCUT2D eigenvalue weighted by molar-refractivity contribution is 6.74. The third-order valence-corrected chi connectivity index (χ3v) is 14.0. The Kier molecular flexibility index (Phi) is 8.74. The Morgan fingerprint density at radius 3 is 2.44 bits per heavy atom. The first-order chi connectivity index (χ1) is 15.8. The molecule has 0 spiro atoms. The van der Waals surface area contributed by atoms with Gasteiger partial charge in [-0.1, -0.05) is 71.4 Å². The highest BCUT2D eigenvalue weighted by Gasteiger charge is 2.54. The molecule has 0 unspecified atom stereocenters. The summed E-state index contributed by atoms with van der Waals surface area (Å²) in [5.74, 6) is 0.905. The van der Waals surface area contributed by atoms with E-state index in [9.17, 15) is 9.90 Å². The Morgan fingerprint density at radius 2 is 1.82 bits per heavy atom. The first-order valence-corrected chi connectivity index (χ1v) is 16.3. The van der Waals surface area contributed by atoms with Gasteiger partial charge in [-0.05, 0) is 85.4 Å². The van der Waals surface area contributed by atoms with Crippen LogP contribution in [0, 0.1) is 23.2 Å². The first-order valence-electron chi connectivity index (χ1n) is 13.4. The number of fused-ring (bicyclic) bond motifs is 1. The lowest BCUT2D eigenvalue weighted by atomic mass is 9.61. The molecule has 2 fully saturated rings. The molecular weight excluding hydrogens is 440 g/mol. The fraction of sp³-hybridized carbons (Fsp3) is 0.759. The molecule has 6 atom stereocenters. The molecule has 4 nitrogen and oxygen atoms in total. The van der Waals surface area contributed by atoms with Crippen LogP contribution in [-0.2, 0) is 20.6 Å². The predicted octanol–water partition coefficient (Wildman–Crippen LogP) is 7.68. The van der Waals surface area contributed by atoms with Gasteiger partial charge in [0.05, 0.1) is 6.61 Å². The van der Waals surface area contributed by atoms with Crippen LogP contribution >= 0.6 is 0 Å². The van der Waals surface area contributed by atoms with Crippen molar-refractivity contribution in [1.29, 1.82) is 0 Å². The standard InChI is InChI=1S/C29H48O4Si/c1-21(15-18-26(27(30)31)32-20-22-12-9-8-10-13-22)23-16-17-24-25(14-11-19-29(23,24)5)33-34(6,7)28(2,3)4/h8-10,12-13,21,23-26H,11,14-20H2,1-7H3,(H,30,31)/t21-,23-,24+,25+,26+,29-/m1/s1. The second kappa shape index (κ2) is 10.8. The zero-order chi connectivity index (χ0) is 25.1. The lowest BCUT2D eigenvalue weighted by Gasteiger charge is -2.50. The van der Waals surface area contributed by atoms with Gasteiger partial charge in [-0.15, -0.1) is 0 Å². The minimum atomic E-state index is -1.80. The van der Waals surface area contributed by atoms with Crippen molar-refractivity contribution in [2.45, 2.75) is 117 Å². The van der Waals surface area contributed by atoms with E-state index in [0.717, 1.165) is 12.0 Å². The summed E-state index contributed by atoms with van der Waals surface area (Å²) in [4.78, 5) is 11.9. The summed E-state index contributed by atoms with van der Waals surface area (Å²) >= 11 is 0. The maximum atomic E-state index is 11.9. The normalized spacial score (nSPS) is 29.4. The molecule has 0 amide bonds. The Morgan fingerprint density at radius 1 is 1.15 bits per heavy atom. The molecule has 0 aromatic heterocycles. The molecule has 1 aromatic carbocycles. The summed E-state index contributed by atoms with van der Waals surface area (Å²) in [5, 5.41) is 9.97. The molecule has 0 radical (unpaired) electrons. The second-order valence-electron chi connectivity index (χ2n) is 12.8. The predicted molar refractivity (Wildman–Crippen MR) is 141 cm³/mol. The summed E-state index contributed by atoms with van der Waals surface area (Å²) < 4.78 is 12.8. The lowest BCUT2D eigenvalue weighted by molar-refractivity contribution is -0.152. The zero-order valence-electron chi connectivity index (χ0n) is 22.6. The first kappa shape index (κ1) is 27.4. The number of carbonyl (C=O) groups is 1. The minimum Gasteiger partial charge on any atom is -0.479 e. The Bertz CT molecular complexity index is 802. The molecule has 1 N–H and O–H groups in total. The molecule has 2 aliphatic carbocycles. The van der Waals surface area contributed by atoms with E-state index in [1.54, 1.807) is 0 Å². The van der Waals surface area contributed by atoms with Crippen molar-refractivity contribution >= 4 is 14.3 Å². The quantitative estimate of drug-likeness (QED) is 0.343. The van der Waals surface area contributed by atoms with Gasteiger partial charge in [0.25, 0.3) is 0 Å². The van der Waals surface area contributed by atoms with E-state index >= 15 is 0 Å².